The quantitative estimate of drug-likeness (QED) is 0.479. The van der Waals surface area contributed by atoms with Crippen LogP contribution in [0.25, 0.3) is 0 Å². The molecule has 2 heteroatoms. The molecule has 0 aromatic heterocycles. The number of nitriles is 1. The summed E-state index contributed by atoms with van der Waals surface area (Å²) in [6.07, 6.45) is 4.58. The van der Waals surface area contributed by atoms with Crippen LogP contribution in [0.2, 0.25) is 0 Å². The molecule has 0 spiro atoms. The maximum absolute atomic E-state index is 8.51. The van der Waals surface area contributed by atoms with Gasteiger partial charge in [0.05, 0.1) is 6.07 Å². The molecule has 0 radical (unpaired) electrons. The van der Waals surface area contributed by atoms with Crippen LogP contribution in [0.1, 0.15) is 20.3 Å². The van der Waals surface area contributed by atoms with E-state index in [9.17, 15) is 0 Å². The molecule has 0 rings (SSSR count). The Hall–Kier alpha value is -0.680. The molecule has 0 fully saturated rings. The molecular weight excluding hydrogens is 166 g/mol. The normalized spacial score (nSPS) is 13.6. The van der Waals surface area contributed by atoms with Gasteiger partial charge in [-0.05, 0) is 17.2 Å². The number of allylic oxidation sites excluding steroid dienone is 2. The van der Waals surface area contributed by atoms with Crippen molar-refractivity contribution in [3.05, 3.63) is 23.6 Å². The molecule has 66 valence electrons. The van der Waals surface area contributed by atoms with Gasteiger partial charge in [0.25, 0.3) is 0 Å². The highest BCUT2D eigenvalue weighted by atomic mass is 32.2. The molecule has 0 aromatic rings. The molecule has 12 heavy (non-hydrogen) atoms. The summed E-state index contributed by atoms with van der Waals surface area (Å²) in [4.78, 5) is 1.17. The summed E-state index contributed by atoms with van der Waals surface area (Å²) >= 11 is 1.70. The standard InChI is InChI=1S/C10H15NS/c1-4-8-12-10(6-7-11)9(3)5-2/h4,6,9H,1,5,8H2,2-3H3/b10-6-. The summed E-state index contributed by atoms with van der Waals surface area (Å²) in [5.41, 5.74) is 0. The third-order valence-corrected chi connectivity index (χ3v) is 2.93. The highest BCUT2D eigenvalue weighted by Crippen LogP contribution is 2.26. The molecule has 1 atom stereocenters. The first-order valence-electron chi connectivity index (χ1n) is 4.09. The summed E-state index contributed by atoms with van der Waals surface area (Å²) in [5.74, 6) is 1.38. The van der Waals surface area contributed by atoms with E-state index < -0.39 is 0 Å². The molecule has 1 nitrogen and oxygen atoms in total. The largest absolute Gasteiger partial charge is 0.193 e. The van der Waals surface area contributed by atoms with Gasteiger partial charge in [-0.3, -0.25) is 0 Å². The topological polar surface area (TPSA) is 23.8 Å². The monoisotopic (exact) mass is 181 g/mol. The Morgan fingerprint density at radius 1 is 1.75 bits per heavy atom. The second-order valence-corrected chi connectivity index (χ2v) is 3.68. The van der Waals surface area contributed by atoms with E-state index in [1.165, 1.54) is 4.91 Å². The summed E-state index contributed by atoms with van der Waals surface area (Å²) in [6.45, 7) is 7.91. The van der Waals surface area contributed by atoms with Crippen molar-refractivity contribution in [2.45, 2.75) is 20.3 Å². The van der Waals surface area contributed by atoms with Crippen LogP contribution in [-0.2, 0) is 0 Å². The Kier molecular flexibility index (Phi) is 6.60. The SMILES string of the molecule is C=CCS/C(=C\C#N)C(C)CC. The highest BCUT2D eigenvalue weighted by Gasteiger charge is 2.05. The average Bonchev–Trinajstić information content (AvgIpc) is 2.11. The lowest BCUT2D eigenvalue weighted by molar-refractivity contribution is 0.688. The fourth-order valence-electron chi connectivity index (χ4n) is 0.746. The molecule has 0 amide bonds. The van der Waals surface area contributed by atoms with Crippen molar-refractivity contribution < 1.29 is 0 Å². The lowest BCUT2D eigenvalue weighted by Gasteiger charge is -2.10. The zero-order chi connectivity index (χ0) is 9.40. The van der Waals surface area contributed by atoms with E-state index >= 15 is 0 Å². The van der Waals surface area contributed by atoms with Gasteiger partial charge in [0.1, 0.15) is 0 Å². The molecule has 0 heterocycles. The number of hydrogen-bond acceptors (Lipinski definition) is 2. The molecule has 0 saturated carbocycles. The van der Waals surface area contributed by atoms with Gasteiger partial charge in [-0.2, -0.15) is 5.26 Å². The van der Waals surface area contributed by atoms with Crippen molar-refractivity contribution in [3.63, 3.8) is 0 Å². The molecule has 0 aliphatic carbocycles. The van der Waals surface area contributed by atoms with Gasteiger partial charge >= 0.3 is 0 Å². The molecule has 0 N–H and O–H groups in total. The molecule has 0 saturated heterocycles. The minimum absolute atomic E-state index is 0.495. The lowest BCUT2D eigenvalue weighted by atomic mass is 10.1. The van der Waals surface area contributed by atoms with E-state index in [1.807, 2.05) is 6.08 Å². The van der Waals surface area contributed by atoms with Crippen LogP contribution in [-0.4, -0.2) is 5.75 Å². The Morgan fingerprint density at radius 3 is 2.83 bits per heavy atom. The first-order valence-corrected chi connectivity index (χ1v) is 5.08. The van der Waals surface area contributed by atoms with Crippen molar-refractivity contribution in [2.24, 2.45) is 5.92 Å². The third kappa shape index (κ3) is 4.25. The van der Waals surface area contributed by atoms with Gasteiger partial charge in [0.15, 0.2) is 0 Å². The van der Waals surface area contributed by atoms with E-state index in [-0.39, 0.29) is 0 Å². The van der Waals surface area contributed by atoms with Crippen LogP contribution >= 0.6 is 11.8 Å². The molecule has 0 aromatic carbocycles. The zero-order valence-electron chi connectivity index (χ0n) is 7.71. The lowest BCUT2D eigenvalue weighted by Crippen LogP contribution is -1.94. The molecule has 0 aliphatic rings. The van der Waals surface area contributed by atoms with Crippen molar-refractivity contribution in [2.75, 3.05) is 5.75 Å². The molecule has 1 unspecified atom stereocenters. The fourth-order valence-corrected chi connectivity index (χ4v) is 1.64. The second kappa shape index (κ2) is 7.00. The Morgan fingerprint density at radius 2 is 2.42 bits per heavy atom. The molecule has 0 bridgehead atoms. The molecular formula is C10H15NS. The van der Waals surface area contributed by atoms with Crippen LogP contribution in [0, 0.1) is 17.2 Å². The smallest absolute Gasteiger partial charge is 0.0920 e. The van der Waals surface area contributed by atoms with Gasteiger partial charge < -0.3 is 0 Å². The van der Waals surface area contributed by atoms with Crippen molar-refractivity contribution in [1.82, 2.24) is 0 Å². The van der Waals surface area contributed by atoms with Crippen molar-refractivity contribution in [3.8, 4) is 6.07 Å². The van der Waals surface area contributed by atoms with Crippen LogP contribution in [0.4, 0.5) is 0 Å². The minimum Gasteiger partial charge on any atom is -0.193 e. The van der Waals surface area contributed by atoms with Crippen LogP contribution in [0.5, 0.6) is 0 Å². The van der Waals surface area contributed by atoms with Crippen molar-refractivity contribution in [1.29, 1.82) is 5.26 Å². The van der Waals surface area contributed by atoms with Gasteiger partial charge in [-0.1, -0.05) is 19.9 Å². The van der Waals surface area contributed by atoms with E-state index in [1.54, 1.807) is 17.8 Å². The fraction of sp³-hybridized carbons (Fsp3) is 0.500. The van der Waals surface area contributed by atoms with E-state index in [0.29, 0.717) is 5.92 Å². The second-order valence-electron chi connectivity index (χ2n) is 2.58. The molecule has 0 aliphatic heterocycles. The van der Waals surface area contributed by atoms with Crippen molar-refractivity contribution >= 4 is 11.8 Å². The number of thioether (sulfide) groups is 1. The Balaban J connectivity index is 4.15. The van der Waals surface area contributed by atoms with Gasteiger partial charge in [0, 0.05) is 11.8 Å². The van der Waals surface area contributed by atoms with Gasteiger partial charge in [-0.15, -0.1) is 18.3 Å². The van der Waals surface area contributed by atoms with Gasteiger partial charge in [0.2, 0.25) is 0 Å². The minimum atomic E-state index is 0.495. The first-order chi connectivity index (χ1) is 5.76. The van der Waals surface area contributed by atoms with E-state index in [4.69, 9.17) is 5.26 Å². The zero-order valence-corrected chi connectivity index (χ0v) is 8.53. The summed E-state index contributed by atoms with van der Waals surface area (Å²) in [5, 5.41) is 8.51. The van der Waals surface area contributed by atoms with Crippen LogP contribution in [0.3, 0.4) is 0 Å². The highest BCUT2D eigenvalue weighted by molar-refractivity contribution is 8.03. The average molecular weight is 181 g/mol. The number of hydrogen-bond donors (Lipinski definition) is 0. The predicted molar refractivity (Wildman–Crippen MR) is 55.8 cm³/mol. The maximum atomic E-state index is 8.51. The summed E-state index contributed by atoms with van der Waals surface area (Å²) in [7, 11) is 0. The maximum Gasteiger partial charge on any atom is 0.0920 e. The first kappa shape index (κ1) is 11.3. The predicted octanol–water partition coefficient (Wildman–Crippen LogP) is 3.36. The Bertz CT molecular complexity index is 200. The number of rotatable bonds is 5. The van der Waals surface area contributed by atoms with Gasteiger partial charge in [-0.25, -0.2) is 0 Å². The van der Waals surface area contributed by atoms with E-state index in [2.05, 4.69) is 26.5 Å². The Labute approximate surface area is 79.2 Å². The van der Waals surface area contributed by atoms with Crippen LogP contribution in [0.15, 0.2) is 23.6 Å². The van der Waals surface area contributed by atoms with E-state index in [0.717, 1.165) is 12.2 Å². The number of nitrogens with zero attached hydrogens (tertiary/aromatic N) is 1. The third-order valence-electron chi connectivity index (χ3n) is 1.67. The summed E-state index contributed by atoms with van der Waals surface area (Å²) < 4.78 is 0. The summed E-state index contributed by atoms with van der Waals surface area (Å²) in [6, 6.07) is 2.07. The van der Waals surface area contributed by atoms with Crippen LogP contribution < -0.4 is 0 Å².